The molecule has 0 unspecified atom stereocenters. The molecule has 0 radical (unpaired) electrons. The van der Waals surface area contributed by atoms with Gasteiger partial charge >= 0.3 is 0 Å². The van der Waals surface area contributed by atoms with Crippen LogP contribution in [0.15, 0.2) is 36.4 Å². The number of hydrogen-bond donors (Lipinski definition) is 1. The molecule has 0 bridgehead atoms. The van der Waals surface area contributed by atoms with Gasteiger partial charge in [-0.3, -0.25) is 4.79 Å². The lowest BCUT2D eigenvalue weighted by Crippen LogP contribution is -2.13. The molecule has 1 aromatic heterocycles. The highest BCUT2D eigenvalue weighted by molar-refractivity contribution is 7.00. The van der Waals surface area contributed by atoms with Crippen molar-refractivity contribution in [2.45, 2.75) is 0 Å². The number of amides is 1. The van der Waals surface area contributed by atoms with E-state index in [1.807, 2.05) is 0 Å². The van der Waals surface area contributed by atoms with Crippen LogP contribution in [0, 0.1) is 0 Å². The molecule has 1 heterocycles. The van der Waals surface area contributed by atoms with Crippen molar-refractivity contribution in [3.05, 3.63) is 52.0 Å². The lowest BCUT2D eigenvalue weighted by molar-refractivity contribution is 0.102. The second kappa shape index (κ2) is 5.36. The molecule has 0 saturated heterocycles. The summed E-state index contributed by atoms with van der Waals surface area (Å²) < 4.78 is 8.26. The van der Waals surface area contributed by atoms with Crippen LogP contribution in [0.4, 0.5) is 5.69 Å². The Morgan fingerprint density at radius 3 is 2.65 bits per heavy atom. The first-order valence-electron chi connectivity index (χ1n) is 5.63. The van der Waals surface area contributed by atoms with E-state index >= 15 is 0 Å². The molecule has 0 aliphatic carbocycles. The van der Waals surface area contributed by atoms with Crippen molar-refractivity contribution < 1.29 is 4.79 Å². The van der Waals surface area contributed by atoms with Gasteiger partial charge in [0.25, 0.3) is 5.91 Å². The number of benzene rings is 2. The Kier molecular flexibility index (Phi) is 3.56. The van der Waals surface area contributed by atoms with Gasteiger partial charge < -0.3 is 5.32 Å². The molecular formula is C13H7Cl2N3OS. The number of rotatable bonds is 2. The minimum atomic E-state index is -0.335. The predicted molar refractivity (Wildman–Crippen MR) is 81.8 cm³/mol. The van der Waals surface area contributed by atoms with Crippen LogP contribution in [-0.4, -0.2) is 14.7 Å². The SMILES string of the molecule is O=C(Nc1c(Cl)ccc2nsnc12)c1ccccc1Cl. The molecule has 20 heavy (non-hydrogen) atoms. The van der Waals surface area contributed by atoms with Gasteiger partial charge in [-0.15, -0.1) is 0 Å². The standard InChI is InChI=1S/C13H7Cl2N3OS/c14-8-4-2-1-3-7(8)13(19)16-11-9(15)5-6-10-12(11)18-20-17-10/h1-6H,(H,16,19). The smallest absolute Gasteiger partial charge is 0.257 e. The Morgan fingerprint density at radius 2 is 1.85 bits per heavy atom. The maximum Gasteiger partial charge on any atom is 0.257 e. The van der Waals surface area contributed by atoms with Gasteiger partial charge in [0.15, 0.2) is 0 Å². The van der Waals surface area contributed by atoms with Gasteiger partial charge in [0.2, 0.25) is 0 Å². The Morgan fingerprint density at radius 1 is 1.05 bits per heavy atom. The number of nitrogens with one attached hydrogen (secondary N) is 1. The minimum Gasteiger partial charge on any atom is -0.319 e. The molecule has 1 amide bonds. The average Bonchev–Trinajstić information content (AvgIpc) is 2.91. The van der Waals surface area contributed by atoms with Crippen LogP contribution in [0.5, 0.6) is 0 Å². The number of carbonyl (C=O) groups is 1. The van der Waals surface area contributed by atoms with Gasteiger partial charge in [0.05, 0.1) is 33.0 Å². The van der Waals surface area contributed by atoms with Crippen LogP contribution in [0.1, 0.15) is 10.4 Å². The highest BCUT2D eigenvalue weighted by atomic mass is 35.5. The number of aromatic nitrogens is 2. The van der Waals surface area contributed by atoms with Crippen molar-refractivity contribution in [1.29, 1.82) is 0 Å². The normalized spacial score (nSPS) is 10.7. The van der Waals surface area contributed by atoms with Gasteiger partial charge in [-0.25, -0.2) is 0 Å². The van der Waals surface area contributed by atoms with E-state index in [9.17, 15) is 4.79 Å². The molecule has 0 atom stereocenters. The zero-order chi connectivity index (χ0) is 14.1. The first-order chi connectivity index (χ1) is 9.66. The summed E-state index contributed by atoms with van der Waals surface area (Å²) in [7, 11) is 0. The number of hydrogen-bond acceptors (Lipinski definition) is 4. The van der Waals surface area contributed by atoms with Crippen molar-refractivity contribution in [3.63, 3.8) is 0 Å². The molecule has 4 nitrogen and oxygen atoms in total. The molecule has 0 spiro atoms. The number of fused-ring (bicyclic) bond motifs is 1. The number of carbonyl (C=O) groups excluding carboxylic acids is 1. The minimum absolute atomic E-state index is 0.335. The van der Waals surface area contributed by atoms with Crippen LogP contribution in [-0.2, 0) is 0 Å². The van der Waals surface area contributed by atoms with E-state index in [-0.39, 0.29) is 5.91 Å². The summed E-state index contributed by atoms with van der Waals surface area (Å²) in [6.45, 7) is 0. The maximum atomic E-state index is 12.3. The quantitative estimate of drug-likeness (QED) is 0.767. The molecule has 7 heteroatoms. The summed E-state index contributed by atoms with van der Waals surface area (Å²) in [6.07, 6.45) is 0. The Hall–Kier alpha value is -1.69. The number of halogens is 2. The van der Waals surface area contributed by atoms with Gasteiger partial charge in [0, 0.05) is 0 Å². The highest BCUT2D eigenvalue weighted by Gasteiger charge is 2.15. The van der Waals surface area contributed by atoms with Crippen molar-refractivity contribution in [1.82, 2.24) is 8.75 Å². The monoisotopic (exact) mass is 323 g/mol. The van der Waals surface area contributed by atoms with E-state index in [1.54, 1.807) is 36.4 Å². The van der Waals surface area contributed by atoms with Gasteiger partial charge in [-0.05, 0) is 24.3 Å². The van der Waals surface area contributed by atoms with E-state index in [4.69, 9.17) is 23.2 Å². The summed E-state index contributed by atoms with van der Waals surface area (Å²) in [5.74, 6) is -0.335. The topological polar surface area (TPSA) is 54.9 Å². The average molecular weight is 324 g/mol. The summed E-state index contributed by atoms with van der Waals surface area (Å²) >= 11 is 13.2. The third kappa shape index (κ3) is 2.35. The van der Waals surface area contributed by atoms with Crippen molar-refractivity contribution in [2.75, 3.05) is 5.32 Å². The summed E-state index contributed by atoms with van der Waals surface area (Å²) in [5, 5.41) is 3.53. The van der Waals surface area contributed by atoms with Crippen LogP contribution in [0.25, 0.3) is 11.0 Å². The maximum absolute atomic E-state index is 12.3. The molecule has 3 rings (SSSR count). The zero-order valence-electron chi connectivity index (χ0n) is 9.93. The van der Waals surface area contributed by atoms with Crippen LogP contribution >= 0.6 is 34.9 Å². The second-order valence-electron chi connectivity index (χ2n) is 3.99. The van der Waals surface area contributed by atoms with Gasteiger partial charge in [-0.1, -0.05) is 35.3 Å². The Balaban J connectivity index is 2.01. The lowest BCUT2D eigenvalue weighted by atomic mass is 10.2. The van der Waals surface area contributed by atoms with E-state index in [0.29, 0.717) is 32.3 Å². The van der Waals surface area contributed by atoms with Crippen LogP contribution in [0.2, 0.25) is 10.0 Å². The Bertz CT molecular complexity index is 803. The third-order valence-corrected chi connectivity index (χ3v) is 3.92. The van der Waals surface area contributed by atoms with Gasteiger partial charge in [0.1, 0.15) is 11.0 Å². The van der Waals surface area contributed by atoms with Crippen LogP contribution < -0.4 is 5.32 Å². The zero-order valence-corrected chi connectivity index (χ0v) is 12.3. The molecule has 0 saturated carbocycles. The summed E-state index contributed by atoms with van der Waals surface area (Å²) in [5.41, 5.74) is 2.09. The second-order valence-corrected chi connectivity index (χ2v) is 5.33. The predicted octanol–water partition coefficient (Wildman–Crippen LogP) is 4.25. The van der Waals surface area contributed by atoms with Crippen molar-refractivity contribution in [3.8, 4) is 0 Å². The molecule has 0 aliphatic rings. The van der Waals surface area contributed by atoms with Gasteiger partial charge in [-0.2, -0.15) is 8.75 Å². The number of anilines is 1. The van der Waals surface area contributed by atoms with E-state index in [1.165, 1.54) is 0 Å². The van der Waals surface area contributed by atoms with E-state index in [2.05, 4.69) is 14.1 Å². The lowest BCUT2D eigenvalue weighted by Gasteiger charge is -2.08. The van der Waals surface area contributed by atoms with Crippen molar-refractivity contribution in [2.24, 2.45) is 0 Å². The first-order valence-corrected chi connectivity index (χ1v) is 7.12. The molecule has 1 N–H and O–H groups in total. The third-order valence-electron chi connectivity index (χ3n) is 2.73. The molecule has 0 fully saturated rings. The first kappa shape index (κ1) is 13.3. The summed E-state index contributed by atoms with van der Waals surface area (Å²) in [6, 6.07) is 10.2. The molecule has 2 aromatic carbocycles. The Labute approximate surface area is 128 Å². The summed E-state index contributed by atoms with van der Waals surface area (Å²) in [4.78, 5) is 12.3. The fraction of sp³-hybridized carbons (Fsp3) is 0. The van der Waals surface area contributed by atoms with E-state index < -0.39 is 0 Å². The fourth-order valence-electron chi connectivity index (χ4n) is 1.77. The molecule has 0 aliphatic heterocycles. The molecule has 100 valence electrons. The van der Waals surface area contributed by atoms with E-state index in [0.717, 1.165) is 11.7 Å². The number of nitrogens with zero attached hydrogens (tertiary/aromatic N) is 2. The molecule has 3 aromatic rings. The highest BCUT2D eigenvalue weighted by Crippen LogP contribution is 2.30. The molecular weight excluding hydrogens is 317 g/mol. The fourth-order valence-corrected chi connectivity index (χ4v) is 2.74. The van der Waals surface area contributed by atoms with Crippen LogP contribution in [0.3, 0.4) is 0 Å². The van der Waals surface area contributed by atoms with Crippen molar-refractivity contribution >= 4 is 57.6 Å². The largest absolute Gasteiger partial charge is 0.319 e.